The fourth-order valence-corrected chi connectivity index (χ4v) is 3.01. The van der Waals surface area contributed by atoms with Crippen molar-refractivity contribution < 1.29 is 0 Å². The number of rotatable bonds is 5. The molecule has 0 radical (unpaired) electrons. The first-order valence-corrected chi connectivity index (χ1v) is 7.66. The van der Waals surface area contributed by atoms with E-state index in [1.54, 1.807) is 0 Å². The van der Waals surface area contributed by atoms with Gasteiger partial charge in [-0.2, -0.15) is 5.10 Å². The molecule has 21 heavy (non-hydrogen) atoms. The summed E-state index contributed by atoms with van der Waals surface area (Å²) < 4.78 is 1.92. The standard InChI is InChI=1S/C15H20Cl2N4/c1-4-21-14(15(17)10(3)20-21)8-13(19-18)11-5-9(2)6-12(16)7-11/h5-7,13,19H,4,8,18H2,1-3H3. The molecule has 4 nitrogen and oxygen atoms in total. The van der Waals surface area contributed by atoms with Crippen LogP contribution >= 0.6 is 23.2 Å². The summed E-state index contributed by atoms with van der Waals surface area (Å²) in [7, 11) is 0. The topological polar surface area (TPSA) is 55.9 Å². The minimum absolute atomic E-state index is 0.0682. The van der Waals surface area contributed by atoms with Crippen molar-refractivity contribution in [3.63, 3.8) is 0 Å². The third kappa shape index (κ3) is 3.58. The predicted molar refractivity (Wildman–Crippen MR) is 87.6 cm³/mol. The van der Waals surface area contributed by atoms with Gasteiger partial charge >= 0.3 is 0 Å². The van der Waals surface area contributed by atoms with Crippen LogP contribution in [0.3, 0.4) is 0 Å². The van der Waals surface area contributed by atoms with E-state index >= 15 is 0 Å². The van der Waals surface area contributed by atoms with Crippen molar-refractivity contribution in [3.05, 3.63) is 50.8 Å². The molecule has 0 spiro atoms. The number of halogens is 2. The van der Waals surface area contributed by atoms with Gasteiger partial charge in [-0.25, -0.2) is 0 Å². The molecule has 3 N–H and O–H groups in total. The minimum atomic E-state index is -0.0682. The van der Waals surface area contributed by atoms with Gasteiger partial charge in [0.2, 0.25) is 0 Å². The summed E-state index contributed by atoms with van der Waals surface area (Å²) in [4.78, 5) is 0. The average Bonchev–Trinajstić information content (AvgIpc) is 2.70. The van der Waals surface area contributed by atoms with Crippen LogP contribution in [0, 0.1) is 13.8 Å². The summed E-state index contributed by atoms with van der Waals surface area (Å²) in [5, 5.41) is 5.84. The SMILES string of the molecule is CCn1nc(C)c(Cl)c1CC(NN)c1cc(C)cc(Cl)c1. The zero-order chi connectivity index (χ0) is 15.6. The van der Waals surface area contributed by atoms with Crippen LogP contribution in [-0.2, 0) is 13.0 Å². The lowest BCUT2D eigenvalue weighted by Crippen LogP contribution is -2.30. The van der Waals surface area contributed by atoms with E-state index in [0.29, 0.717) is 16.5 Å². The van der Waals surface area contributed by atoms with Crippen LogP contribution in [0.2, 0.25) is 10.0 Å². The highest BCUT2D eigenvalue weighted by molar-refractivity contribution is 6.32. The Morgan fingerprint density at radius 3 is 2.57 bits per heavy atom. The van der Waals surface area contributed by atoms with Crippen LogP contribution in [0.4, 0.5) is 0 Å². The summed E-state index contributed by atoms with van der Waals surface area (Å²) in [5.41, 5.74) is 6.82. The van der Waals surface area contributed by atoms with E-state index in [1.165, 1.54) is 0 Å². The van der Waals surface area contributed by atoms with Crippen LogP contribution in [0.25, 0.3) is 0 Å². The van der Waals surface area contributed by atoms with E-state index in [2.05, 4.69) is 16.6 Å². The van der Waals surface area contributed by atoms with Gasteiger partial charge in [0.05, 0.1) is 22.5 Å². The molecule has 0 aliphatic heterocycles. The van der Waals surface area contributed by atoms with E-state index in [9.17, 15) is 0 Å². The minimum Gasteiger partial charge on any atom is -0.271 e. The molecular weight excluding hydrogens is 307 g/mol. The van der Waals surface area contributed by atoms with Gasteiger partial charge in [0, 0.05) is 18.0 Å². The second-order valence-electron chi connectivity index (χ2n) is 5.15. The molecule has 1 heterocycles. The Hall–Kier alpha value is -1.07. The van der Waals surface area contributed by atoms with Gasteiger partial charge in [-0.15, -0.1) is 0 Å². The fourth-order valence-electron chi connectivity index (χ4n) is 2.50. The number of nitrogens with two attached hydrogens (primary N) is 1. The molecule has 0 aliphatic carbocycles. The summed E-state index contributed by atoms with van der Waals surface area (Å²) >= 11 is 12.5. The van der Waals surface area contributed by atoms with Crippen molar-refractivity contribution in [2.45, 2.75) is 39.8 Å². The quantitative estimate of drug-likeness (QED) is 0.652. The number of hydrogen-bond donors (Lipinski definition) is 2. The maximum absolute atomic E-state index is 6.37. The number of nitrogens with one attached hydrogen (secondary N) is 1. The van der Waals surface area contributed by atoms with Gasteiger partial charge in [0.1, 0.15) is 0 Å². The Labute approximate surface area is 135 Å². The van der Waals surface area contributed by atoms with E-state index in [1.807, 2.05) is 37.6 Å². The molecule has 1 aromatic carbocycles. The number of aryl methyl sites for hydroxylation is 3. The molecule has 2 aromatic rings. The van der Waals surface area contributed by atoms with E-state index < -0.39 is 0 Å². The highest BCUT2D eigenvalue weighted by atomic mass is 35.5. The molecular formula is C15H20Cl2N4. The van der Waals surface area contributed by atoms with E-state index in [4.69, 9.17) is 29.0 Å². The first-order chi connectivity index (χ1) is 9.96. The number of nitrogens with zero attached hydrogens (tertiary/aromatic N) is 2. The molecule has 114 valence electrons. The second-order valence-corrected chi connectivity index (χ2v) is 5.96. The van der Waals surface area contributed by atoms with Gasteiger partial charge in [0.15, 0.2) is 0 Å². The lowest BCUT2D eigenvalue weighted by Gasteiger charge is -2.18. The number of hydrazine groups is 1. The first kappa shape index (κ1) is 16.3. The van der Waals surface area contributed by atoms with Crippen LogP contribution in [-0.4, -0.2) is 9.78 Å². The van der Waals surface area contributed by atoms with Crippen molar-refractivity contribution in [1.29, 1.82) is 0 Å². The van der Waals surface area contributed by atoms with E-state index in [-0.39, 0.29) is 6.04 Å². The molecule has 1 atom stereocenters. The Morgan fingerprint density at radius 1 is 1.29 bits per heavy atom. The maximum atomic E-state index is 6.37. The third-order valence-corrected chi connectivity index (χ3v) is 4.23. The first-order valence-electron chi connectivity index (χ1n) is 6.91. The van der Waals surface area contributed by atoms with Crippen LogP contribution in [0.15, 0.2) is 18.2 Å². The Kier molecular flexibility index (Phi) is 5.27. The van der Waals surface area contributed by atoms with Gasteiger partial charge in [0.25, 0.3) is 0 Å². The number of benzene rings is 1. The van der Waals surface area contributed by atoms with E-state index in [0.717, 1.165) is 29.1 Å². The van der Waals surface area contributed by atoms with Crippen LogP contribution < -0.4 is 11.3 Å². The predicted octanol–water partition coefficient (Wildman–Crippen LogP) is 3.57. The molecule has 0 saturated heterocycles. The monoisotopic (exact) mass is 326 g/mol. The molecule has 6 heteroatoms. The summed E-state index contributed by atoms with van der Waals surface area (Å²) in [6, 6.07) is 5.85. The largest absolute Gasteiger partial charge is 0.271 e. The van der Waals surface area contributed by atoms with Crippen molar-refractivity contribution in [2.24, 2.45) is 5.84 Å². The van der Waals surface area contributed by atoms with Crippen molar-refractivity contribution in [2.75, 3.05) is 0 Å². The third-order valence-electron chi connectivity index (χ3n) is 3.52. The Balaban J connectivity index is 2.35. The molecule has 0 fully saturated rings. The summed E-state index contributed by atoms with van der Waals surface area (Å²) in [6.07, 6.45) is 0.657. The fraction of sp³-hybridized carbons (Fsp3) is 0.400. The van der Waals surface area contributed by atoms with Crippen LogP contribution in [0.1, 0.15) is 35.5 Å². The van der Waals surface area contributed by atoms with Gasteiger partial charge in [-0.05, 0) is 44.0 Å². The van der Waals surface area contributed by atoms with Crippen molar-refractivity contribution >= 4 is 23.2 Å². The van der Waals surface area contributed by atoms with Gasteiger partial charge in [-0.1, -0.05) is 29.3 Å². The lowest BCUT2D eigenvalue weighted by molar-refractivity contribution is 0.517. The highest BCUT2D eigenvalue weighted by Crippen LogP contribution is 2.27. The Morgan fingerprint density at radius 2 is 2.00 bits per heavy atom. The normalized spacial score (nSPS) is 12.7. The zero-order valence-electron chi connectivity index (χ0n) is 12.5. The molecule has 1 unspecified atom stereocenters. The average molecular weight is 327 g/mol. The zero-order valence-corrected chi connectivity index (χ0v) is 14.0. The number of aromatic nitrogens is 2. The molecule has 0 aliphatic rings. The second kappa shape index (κ2) is 6.79. The molecule has 1 aromatic heterocycles. The van der Waals surface area contributed by atoms with Crippen molar-refractivity contribution in [3.8, 4) is 0 Å². The lowest BCUT2D eigenvalue weighted by atomic mass is 10.0. The van der Waals surface area contributed by atoms with Crippen LogP contribution in [0.5, 0.6) is 0 Å². The highest BCUT2D eigenvalue weighted by Gasteiger charge is 2.19. The van der Waals surface area contributed by atoms with Gasteiger partial charge in [-0.3, -0.25) is 16.0 Å². The number of hydrogen-bond acceptors (Lipinski definition) is 3. The summed E-state index contributed by atoms with van der Waals surface area (Å²) in [6.45, 7) is 6.73. The molecule has 0 bridgehead atoms. The summed E-state index contributed by atoms with van der Waals surface area (Å²) in [5.74, 6) is 5.74. The maximum Gasteiger partial charge on any atom is 0.0847 e. The molecule has 2 rings (SSSR count). The Bertz CT molecular complexity index is 617. The smallest absolute Gasteiger partial charge is 0.0847 e. The van der Waals surface area contributed by atoms with Gasteiger partial charge < -0.3 is 0 Å². The molecule has 0 amide bonds. The van der Waals surface area contributed by atoms with Crippen molar-refractivity contribution in [1.82, 2.24) is 15.2 Å². The molecule has 0 saturated carbocycles.